The summed E-state index contributed by atoms with van der Waals surface area (Å²) in [6, 6.07) is 9.05. The molecule has 0 bridgehead atoms. The molecule has 0 saturated heterocycles. The number of benzene rings is 2. The van der Waals surface area contributed by atoms with Crippen LogP contribution in [0.2, 0.25) is 0 Å². The van der Waals surface area contributed by atoms with Crippen molar-refractivity contribution in [2.45, 2.75) is 238 Å². The van der Waals surface area contributed by atoms with Crippen LogP contribution in [-0.4, -0.2) is 16.8 Å². The van der Waals surface area contributed by atoms with E-state index in [1.165, 1.54) is 75.3 Å². The second kappa shape index (κ2) is 18.1. The Bertz CT molecular complexity index is 1600. The summed E-state index contributed by atoms with van der Waals surface area (Å²) in [6.07, 6.45) is 33.6. The minimum Gasteiger partial charge on any atom is -0.206 e. The van der Waals surface area contributed by atoms with Crippen molar-refractivity contribution in [3.63, 3.8) is 0 Å². The minimum atomic E-state index is -4.44. The van der Waals surface area contributed by atoms with E-state index in [0.717, 1.165) is 151 Å². The van der Waals surface area contributed by atoms with Gasteiger partial charge < -0.3 is 0 Å². The molecule has 6 saturated carbocycles. The summed E-state index contributed by atoms with van der Waals surface area (Å²) < 4.78 is 64.4. The highest BCUT2D eigenvalue weighted by atomic mass is 32.3. The largest absolute Gasteiger partial charge is 0.254 e. The molecule has 2 aromatic rings. The summed E-state index contributed by atoms with van der Waals surface area (Å²) in [7, 11) is -8.87. The van der Waals surface area contributed by atoms with E-state index in [2.05, 4.69) is 28.4 Å². The quantitative estimate of drug-likeness (QED) is 0.260. The zero-order valence-electron chi connectivity index (χ0n) is 33.9. The fourth-order valence-corrected chi connectivity index (χ4v) is 16.4. The van der Waals surface area contributed by atoms with Crippen molar-refractivity contribution in [3.8, 4) is 0 Å². The van der Waals surface area contributed by atoms with E-state index in [1.807, 2.05) is 0 Å². The normalized spacial score (nSPS) is 24.3. The average molecular weight is 790 g/mol. The molecule has 0 atom stereocenters. The smallest absolute Gasteiger partial charge is 0.206 e. The molecule has 8 rings (SSSR count). The lowest BCUT2D eigenvalue weighted by atomic mass is 9.76. The average Bonchev–Trinajstić information content (AvgIpc) is 3.24. The van der Waals surface area contributed by atoms with Gasteiger partial charge in [-0.25, -0.2) is 16.8 Å². The molecule has 6 aliphatic rings. The summed E-state index contributed by atoms with van der Waals surface area (Å²) in [5, 5.41) is 0. The van der Waals surface area contributed by atoms with Crippen LogP contribution in [0.5, 0.6) is 0 Å². The van der Waals surface area contributed by atoms with Crippen molar-refractivity contribution < 1.29 is 16.8 Å². The first-order valence-electron chi connectivity index (χ1n) is 23.4. The summed E-state index contributed by atoms with van der Waals surface area (Å²) in [4.78, 5) is 0.679. The molecule has 0 unspecified atom stereocenters. The molecular weight excluding hydrogens is 719 g/mol. The lowest BCUT2D eigenvalue weighted by Crippen LogP contribution is -2.35. The molecule has 0 spiro atoms. The molecule has 0 amide bonds. The molecule has 6 fully saturated rings. The first-order valence-corrected chi connectivity index (χ1v) is 26.4. The van der Waals surface area contributed by atoms with E-state index in [9.17, 15) is 0 Å². The number of sulfonamides is 2. The van der Waals surface area contributed by atoms with Crippen molar-refractivity contribution in [2.75, 3.05) is 0 Å². The second-order valence-electron chi connectivity index (χ2n) is 19.2. The number of hydrogen-bond acceptors (Lipinski definition) is 4. The van der Waals surface area contributed by atoms with E-state index in [-0.39, 0.29) is 23.7 Å². The Hall–Kier alpha value is -1.70. The first-order chi connectivity index (χ1) is 26.8. The standard InChI is InChI=1S/C48H71NO4S2/c50-54(51,47-43(37-23-11-3-12-24-37)31-41(35-19-7-1-8-20-35)32-44(47)38-25-13-4-14-26-38)49-55(52,53)48-45(39-27-15-5-16-28-39)33-42(36-21-9-2-10-22-36)34-46(48)40-29-17-6-18-30-40/h31-40,49H,1-30H2. The van der Waals surface area contributed by atoms with Gasteiger partial charge in [-0.2, -0.15) is 0 Å². The zero-order chi connectivity index (χ0) is 37.8. The Kier molecular flexibility index (Phi) is 13.2. The predicted molar refractivity (Wildman–Crippen MR) is 225 cm³/mol. The van der Waals surface area contributed by atoms with Gasteiger partial charge in [0.2, 0.25) is 0 Å². The van der Waals surface area contributed by atoms with Gasteiger partial charge in [0.1, 0.15) is 0 Å². The summed E-state index contributed by atoms with van der Waals surface area (Å²) >= 11 is 0. The van der Waals surface area contributed by atoms with E-state index in [0.29, 0.717) is 21.6 Å². The molecule has 55 heavy (non-hydrogen) atoms. The third-order valence-corrected chi connectivity index (χ3v) is 19.2. The molecular formula is C48H71NO4S2. The van der Waals surface area contributed by atoms with Crippen LogP contribution in [0.25, 0.3) is 0 Å². The number of rotatable bonds is 10. The third kappa shape index (κ3) is 9.14. The molecule has 0 heterocycles. The van der Waals surface area contributed by atoms with Crippen LogP contribution in [-0.2, 0) is 20.0 Å². The highest BCUT2D eigenvalue weighted by molar-refractivity contribution is 8.04. The second-order valence-corrected chi connectivity index (χ2v) is 22.7. The van der Waals surface area contributed by atoms with Gasteiger partial charge in [-0.15, -0.1) is 4.13 Å². The maximum atomic E-state index is 15.4. The number of nitrogens with one attached hydrogen (secondary N) is 1. The molecule has 0 aromatic heterocycles. The Balaban J connectivity index is 1.27. The minimum absolute atomic E-state index is 0.152. The maximum absolute atomic E-state index is 15.4. The van der Waals surface area contributed by atoms with Gasteiger partial charge in [0, 0.05) is 0 Å². The van der Waals surface area contributed by atoms with Gasteiger partial charge in [0.05, 0.1) is 9.79 Å². The van der Waals surface area contributed by atoms with Crippen molar-refractivity contribution in [1.82, 2.24) is 4.13 Å². The molecule has 6 aliphatic carbocycles. The van der Waals surface area contributed by atoms with E-state index < -0.39 is 20.0 Å². The van der Waals surface area contributed by atoms with Crippen LogP contribution in [0.3, 0.4) is 0 Å². The van der Waals surface area contributed by atoms with Crippen LogP contribution in [0, 0.1) is 0 Å². The van der Waals surface area contributed by atoms with Gasteiger partial charge in [0.25, 0.3) is 20.0 Å². The van der Waals surface area contributed by atoms with E-state index >= 15 is 16.8 Å². The van der Waals surface area contributed by atoms with Crippen molar-refractivity contribution in [2.24, 2.45) is 0 Å². The topological polar surface area (TPSA) is 80.3 Å². The van der Waals surface area contributed by atoms with Gasteiger partial charge >= 0.3 is 0 Å². The van der Waals surface area contributed by atoms with Crippen LogP contribution < -0.4 is 4.13 Å². The maximum Gasteiger partial charge on any atom is 0.254 e. The molecule has 0 aliphatic heterocycles. The molecule has 2 aromatic carbocycles. The highest BCUT2D eigenvalue weighted by Crippen LogP contribution is 2.48. The van der Waals surface area contributed by atoms with Crippen LogP contribution >= 0.6 is 0 Å². The summed E-state index contributed by atoms with van der Waals surface area (Å²) in [6.45, 7) is 0. The Labute approximate surface area is 335 Å². The zero-order valence-corrected chi connectivity index (χ0v) is 35.6. The monoisotopic (exact) mass is 789 g/mol. The van der Waals surface area contributed by atoms with Gasteiger partial charge in [-0.05, 0) is 146 Å². The summed E-state index contributed by atoms with van der Waals surface area (Å²) in [5.41, 5.74) is 6.36. The molecule has 304 valence electrons. The molecule has 5 nitrogen and oxygen atoms in total. The lowest BCUT2D eigenvalue weighted by molar-refractivity contribution is 0.418. The van der Waals surface area contributed by atoms with Crippen LogP contribution in [0.4, 0.5) is 0 Å². The van der Waals surface area contributed by atoms with Gasteiger partial charge in [0.15, 0.2) is 0 Å². The van der Waals surface area contributed by atoms with Crippen LogP contribution in [0.15, 0.2) is 34.1 Å². The SMILES string of the molecule is O=S(=O)(NS(=O)(=O)c1c(C2CCCCC2)cc(C2CCCCC2)cc1C1CCCCC1)c1c(C2CCCCC2)cc(C2CCCCC2)cc1C1CCCCC1. The molecule has 7 heteroatoms. The lowest BCUT2D eigenvalue weighted by Gasteiger charge is -2.33. The van der Waals surface area contributed by atoms with E-state index in [1.54, 1.807) is 0 Å². The Morgan fingerprint density at radius 2 is 0.509 bits per heavy atom. The number of hydrogen-bond donors (Lipinski definition) is 1. The van der Waals surface area contributed by atoms with E-state index in [4.69, 9.17) is 0 Å². The Morgan fingerprint density at radius 3 is 0.727 bits per heavy atom. The first kappa shape index (κ1) is 40.1. The molecule has 1 N–H and O–H groups in total. The van der Waals surface area contributed by atoms with Gasteiger partial charge in [-0.3, -0.25) is 0 Å². The van der Waals surface area contributed by atoms with Crippen molar-refractivity contribution in [3.05, 3.63) is 57.6 Å². The predicted octanol–water partition coefficient (Wildman–Crippen LogP) is 13.6. The fraction of sp³-hybridized carbons (Fsp3) is 0.750. The molecule has 0 radical (unpaired) electrons. The van der Waals surface area contributed by atoms with Crippen molar-refractivity contribution >= 4 is 20.0 Å². The van der Waals surface area contributed by atoms with Crippen LogP contribution in [0.1, 0.15) is 262 Å². The third-order valence-electron chi connectivity index (χ3n) is 15.4. The summed E-state index contributed by atoms with van der Waals surface area (Å²) in [5.74, 6) is 1.54. The van der Waals surface area contributed by atoms with Gasteiger partial charge in [-0.1, -0.05) is 140 Å². The fourth-order valence-electron chi connectivity index (χ4n) is 12.5. The Morgan fingerprint density at radius 1 is 0.309 bits per heavy atom. The highest BCUT2D eigenvalue weighted by Gasteiger charge is 2.39. The van der Waals surface area contributed by atoms with Crippen molar-refractivity contribution in [1.29, 1.82) is 0 Å².